The van der Waals surface area contributed by atoms with E-state index in [2.05, 4.69) is 31.4 Å². The number of fused-ring (bicyclic) bond motifs is 2. The Morgan fingerprint density at radius 2 is 1.82 bits per heavy atom. The number of ether oxygens (including phenoxy) is 1. The average Bonchev–Trinajstić information content (AvgIpc) is 3.47. The summed E-state index contributed by atoms with van der Waals surface area (Å²) in [4.78, 5) is 33.1. The van der Waals surface area contributed by atoms with Gasteiger partial charge in [-0.15, -0.1) is 0 Å². The van der Waals surface area contributed by atoms with Gasteiger partial charge in [-0.1, -0.05) is 81.4 Å². The van der Waals surface area contributed by atoms with Crippen molar-refractivity contribution in [1.82, 2.24) is 10.4 Å². The van der Waals surface area contributed by atoms with Gasteiger partial charge < -0.3 is 25.6 Å². The molecular weight excluding hydrogens is 618 g/mol. The van der Waals surface area contributed by atoms with Crippen LogP contribution in [0.2, 0.25) is 0 Å². The molecule has 4 fully saturated rings. The van der Waals surface area contributed by atoms with Crippen LogP contribution in [-0.2, 0) is 27.4 Å². The van der Waals surface area contributed by atoms with E-state index in [0.717, 1.165) is 28.7 Å². The standard InChI is InChI=1S/C40H51N3O6/c1-24-32-20-29(40(32,3)4)21-33(24)42-39(47)37-36(25(2)45)34(23-44)49-43(37)22-28-14-10-16-31(38(28)48-5)27-13-9-15-30(19-27)41-35(46)18-17-26-11-7-6-8-12-26/h6-16,19,24-25,29,32-34,36-37,44-45H,17-18,20-23H2,1-5H3,(H,41,46)(H,42,47)/t24-,25-,29+,32+,33-,34-,36-,37-/m0/s1. The number of rotatable bonds is 12. The van der Waals surface area contributed by atoms with Gasteiger partial charge in [0.25, 0.3) is 0 Å². The lowest BCUT2D eigenvalue weighted by atomic mass is 9.45. The highest BCUT2D eigenvalue weighted by atomic mass is 16.7. The monoisotopic (exact) mass is 669 g/mol. The number of hydrogen-bond acceptors (Lipinski definition) is 7. The molecule has 3 aromatic rings. The molecule has 9 nitrogen and oxygen atoms in total. The number of anilines is 1. The number of para-hydroxylation sites is 1. The summed E-state index contributed by atoms with van der Waals surface area (Å²) in [5, 5.41) is 29.1. The lowest BCUT2D eigenvalue weighted by Crippen LogP contribution is -2.62. The Labute approximate surface area is 290 Å². The van der Waals surface area contributed by atoms with Crippen molar-refractivity contribution < 1.29 is 29.4 Å². The average molecular weight is 670 g/mol. The Balaban J connectivity index is 1.20. The fourth-order valence-electron chi connectivity index (χ4n) is 8.72. The van der Waals surface area contributed by atoms with Gasteiger partial charge in [-0.05, 0) is 72.6 Å². The van der Waals surface area contributed by atoms with Crippen molar-refractivity contribution in [2.24, 2.45) is 29.1 Å². The molecule has 3 aromatic carbocycles. The third kappa shape index (κ3) is 7.13. The Hall–Kier alpha value is -3.76. The lowest BCUT2D eigenvalue weighted by molar-refractivity contribution is -0.183. The number of aliphatic hydroxyl groups is 2. The predicted octanol–water partition coefficient (Wildman–Crippen LogP) is 5.59. The molecule has 3 aliphatic carbocycles. The number of methoxy groups -OCH3 is 1. The van der Waals surface area contributed by atoms with Gasteiger partial charge in [0.05, 0.1) is 26.4 Å². The van der Waals surface area contributed by atoms with Gasteiger partial charge in [0, 0.05) is 35.2 Å². The fraction of sp³-hybridized carbons (Fsp3) is 0.500. The second kappa shape index (κ2) is 14.6. The fourth-order valence-corrected chi connectivity index (χ4v) is 8.72. The molecule has 2 bridgehead atoms. The SMILES string of the molecule is COc1c(CN2O[C@@H](CO)[C@H]([C@H](C)O)[C@H]2C(=O)N[C@H]2C[C@H]3C[C@H]([C@@H]2C)C3(C)C)cccc1-c1cccc(NC(=O)CCc2ccccc2)c1. The van der Waals surface area contributed by atoms with E-state index < -0.39 is 24.2 Å². The zero-order valence-corrected chi connectivity index (χ0v) is 29.3. The Morgan fingerprint density at radius 3 is 2.49 bits per heavy atom. The molecule has 0 unspecified atom stereocenters. The Bertz CT molecular complexity index is 1630. The smallest absolute Gasteiger partial charge is 0.240 e. The first-order valence-corrected chi connectivity index (χ1v) is 17.6. The van der Waals surface area contributed by atoms with Crippen LogP contribution in [-0.4, -0.2) is 65.1 Å². The largest absolute Gasteiger partial charge is 0.496 e. The molecule has 262 valence electrons. The first-order chi connectivity index (χ1) is 23.5. The highest BCUT2D eigenvalue weighted by Gasteiger charge is 2.57. The van der Waals surface area contributed by atoms with E-state index in [9.17, 15) is 19.8 Å². The second-order valence-corrected chi connectivity index (χ2v) is 14.8. The molecular formula is C40H51N3O6. The zero-order valence-electron chi connectivity index (χ0n) is 29.3. The molecule has 0 spiro atoms. The molecule has 1 heterocycles. The van der Waals surface area contributed by atoms with E-state index in [0.29, 0.717) is 47.4 Å². The highest BCUT2D eigenvalue weighted by Crippen LogP contribution is 2.61. The number of hydrogen-bond donors (Lipinski definition) is 4. The van der Waals surface area contributed by atoms with Crippen LogP contribution in [0.3, 0.4) is 0 Å². The molecule has 8 atom stereocenters. The number of hydroxylamine groups is 2. The summed E-state index contributed by atoms with van der Waals surface area (Å²) in [5.74, 6) is 1.24. The van der Waals surface area contributed by atoms with Gasteiger partial charge in [0.15, 0.2) is 0 Å². The van der Waals surface area contributed by atoms with E-state index in [4.69, 9.17) is 9.57 Å². The summed E-state index contributed by atoms with van der Waals surface area (Å²) >= 11 is 0. The van der Waals surface area contributed by atoms with Gasteiger partial charge in [-0.25, -0.2) is 0 Å². The maximum atomic E-state index is 14.1. The van der Waals surface area contributed by atoms with Crippen LogP contribution in [0.1, 0.15) is 58.1 Å². The Morgan fingerprint density at radius 1 is 1.06 bits per heavy atom. The molecule has 49 heavy (non-hydrogen) atoms. The summed E-state index contributed by atoms with van der Waals surface area (Å²) in [5.41, 5.74) is 4.56. The summed E-state index contributed by atoms with van der Waals surface area (Å²) in [6.45, 7) is 8.43. The van der Waals surface area contributed by atoms with Gasteiger partial charge in [-0.3, -0.25) is 14.4 Å². The van der Waals surface area contributed by atoms with Crippen molar-refractivity contribution in [3.8, 4) is 16.9 Å². The molecule has 0 aromatic heterocycles. The zero-order chi connectivity index (χ0) is 34.9. The molecule has 1 aliphatic heterocycles. The predicted molar refractivity (Wildman–Crippen MR) is 189 cm³/mol. The molecule has 4 aliphatic rings. The third-order valence-corrected chi connectivity index (χ3v) is 11.6. The first-order valence-electron chi connectivity index (χ1n) is 17.6. The minimum Gasteiger partial charge on any atom is -0.496 e. The quantitative estimate of drug-likeness (QED) is 0.198. The van der Waals surface area contributed by atoms with Gasteiger partial charge in [0.1, 0.15) is 17.9 Å². The second-order valence-electron chi connectivity index (χ2n) is 14.8. The van der Waals surface area contributed by atoms with Crippen molar-refractivity contribution in [3.05, 3.63) is 83.9 Å². The van der Waals surface area contributed by atoms with Crippen molar-refractivity contribution in [2.75, 3.05) is 19.0 Å². The lowest BCUT2D eigenvalue weighted by Gasteiger charge is -2.62. The molecule has 3 saturated carbocycles. The van der Waals surface area contributed by atoms with Gasteiger partial charge >= 0.3 is 0 Å². The Kier molecular flexibility index (Phi) is 10.5. The highest BCUT2D eigenvalue weighted by molar-refractivity contribution is 5.92. The number of carbonyl (C=O) groups excluding carboxylic acids is 2. The van der Waals surface area contributed by atoms with Gasteiger partial charge in [0.2, 0.25) is 11.8 Å². The minimum atomic E-state index is -0.882. The van der Waals surface area contributed by atoms with E-state index in [1.54, 1.807) is 19.1 Å². The third-order valence-electron chi connectivity index (χ3n) is 11.6. The van der Waals surface area contributed by atoms with E-state index in [1.165, 1.54) is 6.42 Å². The van der Waals surface area contributed by atoms with Gasteiger partial charge in [-0.2, -0.15) is 5.06 Å². The minimum absolute atomic E-state index is 0.0536. The van der Waals surface area contributed by atoms with Crippen LogP contribution in [0.25, 0.3) is 11.1 Å². The van der Waals surface area contributed by atoms with E-state index >= 15 is 0 Å². The maximum absolute atomic E-state index is 14.1. The summed E-state index contributed by atoms with van der Waals surface area (Å²) in [6.07, 6.45) is 1.57. The van der Waals surface area contributed by atoms with Crippen LogP contribution >= 0.6 is 0 Å². The number of carbonyl (C=O) groups is 2. The molecule has 7 rings (SSSR count). The normalized spacial score (nSPS) is 27.9. The van der Waals surface area contributed by atoms with E-state index in [1.807, 2.05) is 72.8 Å². The molecule has 0 radical (unpaired) electrons. The van der Waals surface area contributed by atoms with Crippen molar-refractivity contribution >= 4 is 17.5 Å². The summed E-state index contributed by atoms with van der Waals surface area (Å²) < 4.78 is 5.98. The number of aliphatic hydroxyl groups excluding tert-OH is 2. The summed E-state index contributed by atoms with van der Waals surface area (Å²) in [7, 11) is 1.61. The topological polar surface area (TPSA) is 120 Å². The van der Waals surface area contributed by atoms with Crippen LogP contribution < -0.4 is 15.4 Å². The number of nitrogens with one attached hydrogen (secondary N) is 2. The number of amides is 2. The first kappa shape index (κ1) is 35.1. The van der Waals surface area contributed by atoms with Crippen molar-refractivity contribution in [2.45, 2.75) is 84.2 Å². The molecule has 1 saturated heterocycles. The van der Waals surface area contributed by atoms with Crippen LogP contribution in [0.5, 0.6) is 5.75 Å². The van der Waals surface area contributed by atoms with E-state index in [-0.39, 0.29) is 31.0 Å². The maximum Gasteiger partial charge on any atom is 0.240 e. The number of nitrogens with zero attached hydrogens (tertiary/aromatic N) is 1. The van der Waals surface area contributed by atoms with Crippen LogP contribution in [0, 0.1) is 29.1 Å². The van der Waals surface area contributed by atoms with Crippen LogP contribution in [0.4, 0.5) is 5.69 Å². The van der Waals surface area contributed by atoms with Crippen LogP contribution in [0.15, 0.2) is 72.8 Å². The number of benzene rings is 3. The summed E-state index contributed by atoms with van der Waals surface area (Å²) in [6, 6.07) is 22.7. The molecule has 2 amide bonds. The molecule has 9 heteroatoms. The number of aryl methyl sites for hydroxylation is 1. The van der Waals surface area contributed by atoms with Crippen molar-refractivity contribution in [3.63, 3.8) is 0 Å². The van der Waals surface area contributed by atoms with Crippen molar-refractivity contribution in [1.29, 1.82) is 0 Å². The molecule has 4 N–H and O–H groups in total.